The van der Waals surface area contributed by atoms with E-state index in [1.165, 1.54) is 0 Å². The van der Waals surface area contributed by atoms with Gasteiger partial charge in [0.1, 0.15) is 6.10 Å². The van der Waals surface area contributed by atoms with E-state index in [9.17, 15) is 4.79 Å². The number of benzene rings is 2. The van der Waals surface area contributed by atoms with Crippen LogP contribution in [-0.2, 0) is 4.74 Å². The number of carbonyl (C=O) groups is 1. The minimum absolute atomic E-state index is 0.0170. The third-order valence-corrected chi connectivity index (χ3v) is 4.14. The van der Waals surface area contributed by atoms with Crippen LogP contribution in [0.3, 0.4) is 0 Å². The second-order valence-corrected chi connectivity index (χ2v) is 5.46. The predicted octanol–water partition coefficient (Wildman–Crippen LogP) is 3.29. The Kier molecular flexibility index (Phi) is 3.86. The fourth-order valence-corrected chi connectivity index (χ4v) is 2.77. The molecule has 2 aromatic carbocycles. The van der Waals surface area contributed by atoms with Gasteiger partial charge >= 0.3 is 0 Å². The molecule has 2 aromatic rings. The number of Topliss-reactive ketones (excluding diaryl/α,β-unsaturated/α-hetero) is 1. The summed E-state index contributed by atoms with van der Waals surface area (Å²) in [5.74, 6) is 0.0170. The molecule has 0 aliphatic carbocycles. The summed E-state index contributed by atoms with van der Waals surface area (Å²) in [6.07, 6.45) is -0.596. The first kappa shape index (κ1) is 14.0. The fourth-order valence-electron chi connectivity index (χ4n) is 2.77. The zero-order valence-corrected chi connectivity index (χ0v) is 12.3. The van der Waals surface area contributed by atoms with E-state index in [1.807, 2.05) is 72.6 Å². The molecule has 0 radical (unpaired) electrons. The number of ether oxygens (including phenoxy) is 1. The molecule has 3 unspecified atom stereocenters. The van der Waals surface area contributed by atoms with Crippen LogP contribution >= 0.6 is 0 Å². The number of carbonyl (C=O) groups excluding carboxylic acids is 1. The van der Waals surface area contributed by atoms with Gasteiger partial charge in [0, 0.05) is 11.6 Å². The molecule has 0 aromatic heterocycles. The Bertz CT molecular complexity index is 612. The Labute approximate surface area is 125 Å². The van der Waals surface area contributed by atoms with Gasteiger partial charge in [-0.1, -0.05) is 60.7 Å². The lowest BCUT2D eigenvalue weighted by Crippen LogP contribution is -2.37. The topological polar surface area (TPSA) is 29.5 Å². The van der Waals surface area contributed by atoms with E-state index in [4.69, 9.17) is 4.74 Å². The molecule has 3 rings (SSSR count). The standard InChI is InChI=1S/C18H19NO2/c1-13-17(15-11-7-4-8-12-15)21-18(19(13)2)16(20)14-9-5-3-6-10-14/h3-13,17-18H,1-2H3. The van der Waals surface area contributed by atoms with Gasteiger partial charge in [-0.25, -0.2) is 0 Å². The van der Waals surface area contributed by atoms with Crippen LogP contribution in [0.1, 0.15) is 28.9 Å². The van der Waals surface area contributed by atoms with E-state index in [2.05, 4.69) is 6.92 Å². The first-order valence-electron chi connectivity index (χ1n) is 7.20. The number of ketones is 1. The van der Waals surface area contributed by atoms with Crippen molar-refractivity contribution in [3.63, 3.8) is 0 Å². The van der Waals surface area contributed by atoms with Crippen LogP contribution in [-0.4, -0.2) is 30.0 Å². The Morgan fingerprint density at radius 2 is 1.57 bits per heavy atom. The second kappa shape index (κ2) is 5.80. The summed E-state index contributed by atoms with van der Waals surface area (Å²) in [5, 5.41) is 0. The maximum absolute atomic E-state index is 12.6. The monoisotopic (exact) mass is 281 g/mol. The van der Waals surface area contributed by atoms with Gasteiger partial charge in [0.2, 0.25) is 5.78 Å². The summed E-state index contributed by atoms with van der Waals surface area (Å²) in [4.78, 5) is 14.6. The number of nitrogens with zero attached hydrogens (tertiary/aromatic N) is 1. The molecule has 3 heteroatoms. The quantitative estimate of drug-likeness (QED) is 0.809. The van der Waals surface area contributed by atoms with Gasteiger partial charge < -0.3 is 4.74 Å². The van der Waals surface area contributed by atoms with Gasteiger partial charge in [0.05, 0.1) is 0 Å². The van der Waals surface area contributed by atoms with Crippen LogP contribution in [0.4, 0.5) is 0 Å². The highest BCUT2D eigenvalue weighted by Gasteiger charge is 2.41. The van der Waals surface area contributed by atoms with Crippen LogP contribution in [0.25, 0.3) is 0 Å². The zero-order valence-electron chi connectivity index (χ0n) is 12.3. The molecule has 3 nitrogen and oxygen atoms in total. The smallest absolute Gasteiger partial charge is 0.206 e. The largest absolute Gasteiger partial charge is 0.346 e. The van der Waals surface area contributed by atoms with E-state index in [-0.39, 0.29) is 17.9 Å². The molecule has 0 bridgehead atoms. The Morgan fingerprint density at radius 3 is 2.19 bits per heavy atom. The molecule has 1 saturated heterocycles. The van der Waals surface area contributed by atoms with Crippen molar-refractivity contribution in [3.8, 4) is 0 Å². The Hall–Kier alpha value is -1.97. The fraction of sp³-hybridized carbons (Fsp3) is 0.278. The summed E-state index contributed by atoms with van der Waals surface area (Å²) >= 11 is 0. The number of rotatable bonds is 3. The summed E-state index contributed by atoms with van der Waals surface area (Å²) < 4.78 is 6.06. The van der Waals surface area contributed by atoms with Crippen molar-refractivity contribution in [1.82, 2.24) is 4.90 Å². The SMILES string of the molecule is CC1C(c2ccccc2)OC(C(=O)c2ccccc2)N1C. The highest BCUT2D eigenvalue weighted by molar-refractivity contribution is 5.99. The molecular weight excluding hydrogens is 262 g/mol. The Morgan fingerprint density at radius 1 is 1.00 bits per heavy atom. The molecule has 1 aliphatic rings. The van der Waals surface area contributed by atoms with E-state index in [0.717, 1.165) is 5.56 Å². The highest BCUT2D eigenvalue weighted by atomic mass is 16.5. The number of hydrogen-bond acceptors (Lipinski definition) is 3. The third kappa shape index (κ3) is 2.62. The summed E-state index contributed by atoms with van der Waals surface area (Å²) in [7, 11) is 1.94. The Balaban J connectivity index is 1.84. The van der Waals surface area contributed by atoms with Crippen molar-refractivity contribution >= 4 is 5.78 Å². The summed E-state index contributed by atoms with van der Waals surface area (Å²) in [6, 6.07) is 19.6. The van der Waals surface area contributed by atoms with Crippen molar-refractivity contribution < 1.29 is 9.53 Å². The minimum atomic E-state index is -0.521. The van der Waals surface area contributed by atoms with E-state index >= 15 is 0 Å². The van der Waals surface area contributed by atoms with Gasteiger partial charge in [0.15, 0.2) is 6.23 Å². The molecule has 1 aliphatic heterocycles. The average Bonchev–Trinajstić information content (AvgIpc) is 2.84. The molecule has 1 heterocycles. The van der Waals surface area contributed by atoms with Crippen molar-refractivity contribution in [2.24, 2.45) is 0 Å². The molecule has 21 heavy (non-hydrogen) atoms. The number of likely N-dealkylation sites (N-methyl/N-ethyl adjacent to an activating group) is 1. The summed E-state index contributed by atoms with van der Waals surface area (Å²) in [6.45, 7) is 2.09. The lowest BCUT2D eigenvalue weighted by Gasteiger charge is -2.20. The molecule has 108 valence electrons. The molecule has 1 fully saturated rings. The van der Waals surface area contributed by atoms with Crippen LogP contribution in [0, 0.1) is 0 Å². The second-order valence-electron chi connectivity index (χ2n) is 5.46. The predicted molar refractivity (Wildman–Crippen MR) is 82.1 cm³/mol. The van der Waals surface area contributed by atoms with Crippen molar-refractivity contribution in [1.29, 1.82) is 0 Å². The maximum Gasteiger partial charge on any atom is 0.206 e. The lowest BCUT2D eigenvalue weighted by molar-refractivity contribution is 0.0128. The molecule has 0 amide bonds. The van der Waals surface area contributed by atoms with E-state index < -0.39 is 6.23 Å². The minimum Gasteiger partial charge on any atom is -0.346 e. The van der Waals surface area contributed by atoms with E-state index in [0.29, 0.717) is 5.56 Å². The maximum atomic E-state index is 12.6. The molecule has 0 N–H and O–H groups in total. The van der Waals surface area contributed by atoms with Crippen molar-refractivity contribution in [2.45, 2.75) is 25.3 Å². The molecular formula is C18H19NO2. The summed E-state index contributed by atoms with van der Waals surface area (Å²) in [5.41, 5.74) is 1.80. The van der Waals surface area contributed by atoms with Crippen LogP contribution < -0.4 is 0 Å². The van der Waals surface area contributed by atoms with Crippen LogP contribution in [0.5, 0.6) is 0 Å². The van der Waals surface area contributed by atoms with E-state index in [1.54, 1.807) is 0 Å². The van der Waals surface area contributed by atoms with Crippen molar-refractivity contribution in [3.05, 3.63) is 71.8 Å². The molecule has 0 saturated carbocycles. The first-order chi connectivity index (χ1) is 10.2. The first-order valence-corrected chi connectivity index (χ1v) is 7.20. The zero-order chi connectivity index (χ0) is 14.8. The van der Waals surface area contributed by atoms with Crippen molar-refractivity contribution in [2.75, 3.05) is 7.05 Å². The third-order valence-electron chi connectivity index (χ3n) is 4.14. The van der Waals surface area contributed by atoms with Crippen LogP contribution in [0.15, 0.2) is 60.7 Å². The van der Waals surface area contributed by atoms with Gasteiger partial charge in [-0.3, -0.25) is 9.69 Å². The lowest BCUT2D eigenvalue weighted by atomic mass is 10.0. The number of hydrogen-bond donors (Lipinski definition) is 0. The highest BCUT2D eigenvalue weighted by Crippen LogP contribution is 2.34. The molecule has 0 spiro atoms. The van der Waals surface area contributed by atoms with Gasteiger partial charge in [0.25, 0.3) is 0 Å². The van der Waals surface area contributed by atoms with Gasteiger partial charge in [-0.2, -0.15) is 0 Å². The average molecular weight is 281 g/mol. The molecule has 3 atom stereocenters. The van der Waals surface area contributed by atoms with Gasteiger partial charge in [-0.15, -0.1) is 0 Å². The van der Waals surface area contributed by atoms with Crippen LogP contribution in [0.2, 0.25) is 0 Å². The van der Waals surface area contributed by atoms with Gasteiger partial charge in [-0.05, 0) is 19.5 Å². The normalized spacial score (nSPS) is 25.9.